The number of primary amides is 1. The molecule has 0 saturated heterocycles. The summed E-state index contributed by atoms with van der Waals surface area (Å²) >= 11 is 5.36. The molecule has 0 saturated carbocycles. The Morgan fingerprint density at radius 3 is 2.81 bits per heavy atom. The van der Waals surface area contributed by atoms with E-state index in [1.807, 2.05) is 17.8 Å². The van der Waals surface area contributed by atoms with Crippen LogP contribution in [0.25, 0.3) is 0 Å². The van der Waals surface area contributed by atoms with Crippen molar-refractivity contribution in [1.29, 1.82) is 0 Å². The lowest BCUT2D eigenvalue weighted by atomic mass is 9.95. The zero-order valence-electron chi connectivity index (χ0n) is 14.3. The van der Waals surface area contributed by atoms with Gasteiger partial charge in [0.25, 0.3) is 5.91 Å². The molecule has 3 rings (SSSR count). The maximum absolute atomic E-state index is 12.4. The number of rotatable bonds is 5. The first-order valence-corrected chi connectivity index (χ1v) is 10.1. The van der Waals surface area contributed by atoms with Gasteiger partial charge < -0.3 is 16.4 Å². The Bertz CT molecular complexity index is 843. The van der Waals surface area contributed by atoms with Crippen LogP contribution < -0.4 is 16.4 Å². The first-order chi connectivity index (χ1) is 12.5. The zero-order chi connectivity index (χ0) is 18.7. The summed E-state index contributed by atoms with van der Waals surface area (Å²) in [5, 5.41) is 6.13. The van der Waals surface area contributed by atoms with Crippen molar-refractivity contribution in [2.45, 2.75) is 17.9 Å². The molecule has 0 bridgehead atoms. The number of fused-ring (bicyclic) bond motifs is 1. The predicted octanol–water partition coefficient (Wildman–Crippen LogP) is 3.56. The molecule has 0 aliphatic carbocycles. The fourth-order valence-corrected chi connectivity index (χ4v) is 4.56. The van der Waals surface area contributed by atoms with Crippen molar-refractivity contribution < 1.29 is 9.59 Å². The molecule has 2 aromatic rings. The van der Waals surface area contributed by atoms with Crippen molar-refractivity contribution in [3.8, 4) is 0 Å². The predicted molar refractivity (Wildman–Crippen MR) is 108 cm³/mol. The number of hydrogen-bond donors (Lipinski definition) is 3. The number of hydrogen-bond acceptors (Lipinski definition) is 4. The van der Waals surface area contributed by atoms with Crippen molar-refractivity contribution >= 4 is 45.2 Å². The number of carbonyl (C=O) groups excluding carboxylic acids is 2. The third-order valence-corrected chi connectivity index (χ3v) is 6.20. The Balaban J connectivity index is 1.69. The molecule has 136 valence electrons. The van der Waals surface area contributed by atoms with Crippen LogP contribution in [-0.2, 0) is 4.79 Å². The van der Waals surface area contributed by atoms with Crippen molar-refractivity contribution in [1.82, 2.24) is 5.32 Å². The summed E-state index contributed by atoms with van der Waals surface area (Å²) in [5.74, 6) is 0.622. The minimum absolute atomic E-state index is 0.0980. The van der Waals surface area contributed by atoms with Gasteiger partial charge in [0, 0.05) is 21.2 Å². The summed E-state index contributed by atoms with van der Waals surface area (Å²) in [7, 11) is 0. The molecule has 5 nitrogen and oxygen atoms in total. The molecule has 2 aromatic carbocycles. The first-order valence-electron chi connectivity index (χ1n) is 8.30. The molecule has 7 heteroatoms. The number of nitrogens with two attached hydrogens (primary N) is 1. The molecule has 0 radical (unpaired) electrons. The van der Waals surface area contributed by atoms with E-state index in [1.165, 1.54) is 10.5 Å². The van der Waals surface area contributed by atoms with Gasteiger partial charge in [-0.15, -0.1) is 11.8 Å². The van der Waals surface area contributed by atoms with Gasteiger partial charge in [-0.2, -0.15) is 0 Å². The number of anilines is 1. The highest BCUT2D eigenvalue weighted by molar-refractivity contribution is 9.10. The van der Waals surface area contributed by atoms with Gasteiger partial charge in [-0.25, -0.2) is 0 Å². The van der Waals surface area contributed by atoms with Crippen LogP contribution in [0.15, 0.2) is 51.8 Å². The van der Waals surface area contributed by atoms with E-state index in [9.17, 15) is 9.59 Å². The monoisotopic (exact) mass is 433 g/mol. The summed E-state index contributed by atoms with van der Waals surface area (Å²) in [5.41, 5.74) is 7.29. The topological polar surface area (TPSA) is 84.2 Å². The van der Waals surface area contributed by atoms with E-state index in [0.29, 0.717) is 17.2 Å². The lowest BCUT2D eigenvalue weighted by Gasteiger charge is -2.31. The van der Waals surface area contributed by atoms with Gasteiger partial charge in [0.15, 0.2) is 0 Å². The molecule has 0 unspecified atom stereocenters. The molecule has 26 heavy (non-hydrogen) atoms. The SMILES string of the molecule is C[C@H]1CSc2ccc(Br)cc2[C@H]1NCC(=O)Nc1ccccc1C(N)=O. The average Bonchev–Trinajstić information content (AvgIpc) is 2.61. The molecule has 1 heterocycles. The normalized spacial score (nSPS) is 18.8. The molecule has 0 aromatic heterocycles. The summed E-state index contributed by atoms with van der Waals surface area (Å²) in [6, 6.07) is 13.1. The van der Waals surface area contributed by atoms with Crippen LogP contribution in [0, 0.1) is 5.92 Å². The summed E-state index contributed by atoms with van der Waals surface area (Å²) in [6.45, 7) is 2.33. The molecule has 1 aliphatic rings. The van der Waals surface area contributed by atoms with E-state index in [4.69, 9.17) is 5.73 Å². The van der Waals surface area contributed by atoms with E-state index < -0.39 is 5.91 Å². The van der Waals surface area contributed by atoms with E-state index in [-0.39, 0.29) is 18.5 Å². The Morgan fingerprint density at radius 2 is 2.04 bits per heavy atom. The Labute approximate surface area is 165 Å². The number of carbonyl (C=O) groups is 2. The molecule has 2 amide bonds. The Kier molecular flexibility index (Phi) is 6.01. The quantitative estimate of drug-likeness (QED) is 0.672. The smallest absolute Gasteiger partial charge is 0.250 e. The minimum atomic E-state index is -0.564. The first kappa shape index (κ1) is 18.9. The molecule has 2 atom stereocenters. The maximum Gasteiger partial charge on any atom is 0.250 e. The van der Waals surface area contributed by atoms with Crippen molar-refractivity contribution in [2.75, 3.05) is 17.6 Å². The third kappa shape index (κ3) is 4.28. The standard InChI is InChI=1S/C19H20BrN3O2S/c1-11-10-26-16-7-6-12(20)8-14(16)18(11)22-9-17(24)23-15-5-3-2-4-13(15)19(21)25/h2-8,11,18,22H,9-10H2,1H3,(H2,21,25)(H,23,24)/t11-,18-/m0/s1. The number of amides is 2. The summed E-state index contributed by atoms with van der Waals surface area (Å²) < 4.78 is 1.03. The van der Waals surface area contributed by atoms with Gasteiger partial charge in [0.1, 0.15) is 0 Å². The summed E-state index contributed by atoms with van der Waals surface area (Å²) in [4.78, 5) is 25.1. The fraction of sp³-hybridized carbons (Fsp3) is 0.263. The Hall–Kier alpha value is -1.83. The highest BCUT2D eigenvalue weighted by atomic mass is 79.9. The molecule has 4 N–H and O–H groups in total. The molecule has 0 spiro atoms. The van der Waals surface area contributed by atoms with Crippen LogP contribution >= 0.6 is 27.7 Å². The lowest BCUT2D eigenvalue weighted by Crippen LogP contribution is -2.36. The van der Waals surface area contributed by atoms with Crippen molar-refractivity contribution in [3.63, 3.8) is 0 Å². The highest BCUT2D eigenvalue weighted by Crippen LogP contribution is 2.40. The minimum Gasteiger partial charge on any atom is -0.366 e. The van der Waals surface area contributed by atoms with Gasteiger partial charge >= 0.3 is 0 Å². The van der Waals surface area contributed by atoms with Crippen molar-refractivity contribution in [3.05, 3.63) is 58.1 Å². The largest absolute Gasteiger partial charge is 0.366 e. The van der Waals surface area contributed by atoms with Crippen LogP contribution in [0.3, 0.4) is 0 Å². The number of thioether (sulfide) groups is 1. The second-order valence-corrected chi connectivity index (χ2v) is 8.26. The highest BCUT2D eigenvalue weighted by Gasteiger charge is 2.27. The van der Waals surface area contributed by atoms with Gasteiger partial charge in [-0.1, -0.05) is 35.0 Å². The molecule has 0 fully saturated rings. The summed E-state index contributed by atoms with van der Waals surface area (Å²) in [6.07, 6.45) is 0. The van der Waals surface area contributed by atoms with Crippen LogP contribution in [0.5, 0.6) is 0 Å². The third-order valence-electron chi connectivity index (χ3n) is 4.33. The molecule has 1 aliphatic heterocycles. The zero-order valence-corrected chi connectivity index (χ0v) is 16.7. The molecular formula is C19H20BrN3O2S. The van der Waals surface area contributed by atoms with Gasteiger partial charge in [0.05, 0.1) is 17.8 Å². The van der Waals surface area contributed by atoms with E-state index in [1.54, 1.807) is 24.3 Å². The van der Waals surface area contributed by atoms with Crippen LogP contribution in [0.1, 0.15) is 28.9 Å². The Morgan fingerprint density at radius 1 is 1.27 bits per heavy atom. The maximum atomic E-state index is 12.4. The van der Waals surface area contributed by atoms with E-state index in [0.717, 1.165) is 10.2 Å². The number of para-hydroxylation sites is 1. The van der Waals surface area contributed by atoms with Gasteiger partial charge in [-0.3, -0.25) is 9.59 Å². The molecular weight excluding hydrogens is 414 g/mol. The number of benzene rings is 2. The fourth-order valence-electron chi connectivity index (χ4n) is 3.03. The average molecular weight is 434 g/mol. The van der Waals surface area contributed by atoms with Crippen LogP contribution in [0.4, 0.5) is 5.69 Å². The van der Waals surface area contributed by atoms with Crippen LogP contribution in [0.2, 0.25) is 0 Å². The number of nitrogens with one attached hydrogen (secondary N) is 2. The van der Waals surface area contributed by atoms with Crippen LogP contribution in [-0.4, -0.2) is 24.1 Å². The number of halogens is 1. The van der Waals surface area contributed by atoms with Gasteiger partial charge in [-0.05, 0) is 41.8 Å². The van der Waals surface area contributed by atoms with Crippen molar-refractivity contribution in [2.24, 2.45) is 11.7 Å². The van der Waals surface area contributed by atoms with E-state index >= 15 is 0 Å². The van der Waals surface area contributed by atoms with E-state index in [2.05, 4.69) is 45.6 Å². The second kappa shape index (κ2) is 8.24. The second-order valence-electron chi connectivity index (χ2n) is 6.29. The lowest BCUT2D eigenvalue weighted by molar-refractivity contribution is -0.115. The van der Waals surface area contributed by atoms with Gasteiger partial charge in [0.2, 0.25) is 5.91 Å².